The maximum absolute atomic E-state index is 11.7. The van der Waals surface area contributed by atoms with Gasteiger partial charge in [0.2, 0.25) is 5.91 Å². The first-order valence-electron chi connectivity index (χ1n) is 7.06. The zero-order valence-electron chi connectivity index (χ0n) is 11.9. The van der Waals surface area contributed by atoms with Crippen molar-refractivity contribution in [3.63, 3.8) is 0 Å². The van der Waals surface area contributed by atoms with Gasteiger partial charge in [-0.25, -0.2) is 4.79 Å². The number of imide groups is 1. The van der Waals surface area contributed by atoms with Crippen LogP contribution in [-0.2, 0) is 4.79 Å². The minimum Gasteiger partial charge on any atom is -0.338 e. The van der Waals surface area contributed by atoms with E-state index in [0.717, 1.165) is 12.8 Å². The SMILES string of the molecule is CCCCNC(=O)NC(=O)CN(C)C(CN)C1CC1. The molecule has 0 bridgehead atoms. The molecule has 6 heteroatoms. The minimum absolute atomic E-state index is 0.208. The Kier molecular flexibility index (Phi) is 6.80. The monoisotopic (exact) mass is 270 g/mol. The van der Waals surface area contributed by atoms with Gasteiger partial charge in [0.15, 0.2) is 0 Å². The van der Waals surface area contributed by atoms with Crippen molar-refractivity contribution in [1.29, 1.82) is 0 Å². The molecule has 6 nitrogen and oxygen atoms in total. The van der Waals surface area contributed by atoms with E-state index in [9.17, 15) is 9.59 Å². The molecule has 0 aromatic heterocycles. The molecule has 1 unspecified atom stereocenters. The number of nitrogens with two attached hydrogens (primary N) is 1. The van der Waals surface area contributed by atoms with E-state index < -0.39 is 6.03 Å². The minimum atomic E-state index is -0.414. The topological polar surface area (TPSA) is 87.5 Å². The normalized spacial score (nSPS) is 16.2. The molecule has 3 amide bonds. The first-order chi connectivity index (χ1) is 9.08. The highest BCUT2D eigenvalue weighted by Crippen LogP contribution is 2.34. The Labute approximate surface area is 115 Å². The fourth-order valence-corrected chi connectivity index (χ4v) is 2.15. The molecular formula is C13H26N4O2. The summed E-state index contributed by atoms with van der Waals surface area (Å²) in [4.78, 5) is 25.1. The Hall–Kier alpha value is -1.14. The number of urea groups is 1. The highest BCUT2D eigenvalue weighted by atomic mass is 16.2. The Bertz CT molecular complexity index is 305. The predicted octanol–water partition coefficient (Wildman–Crippen LogP) is 0.281. The van der Waals surface area contributed by atoms with Gasteiger partial charge in [-0.2, -0.15) is 0 Å². The number of carbonyl (C=O) groups is 2. The quantitative estimate of drug-likeness (QED) is 0.553. The number of hydrogen-bond donors (Lipinski definition) is 3. The van der Waals surface area contributed by atoms with E-state index in [1.54, 1.807) is 0 Å². The Morgan fingerprint density at radius 2 is 2.11 bits per heavy atom. The molecule has 1 atom stereocenters. The van der Waals surface area contributed by atoms with Crippen LogP contribution in [0.3, 0.4) is 0 Å². The summed E-state index contributed by atoms with van der Waals surface area (Å²) in [6.07, 6.45) is 4.30. The highest BCUT2D eigenvalue weighted by Gasteiger charge is 2.33. The molecule has 1 rings (SSSR count). The average Bonchev–Trinajstić information content (AvgIpc) is 3.14. The maximum atomic E-state index is 11.7. The zero-order chi connectivity index (χ0) is 14.3. The van der Waals surface area contributed by atoms with Gasteiger partial charge >= 0.3 is 6.03 Å². The summed E-state index contributed by atoms with van der Waals surface area (Å²) in [6.45, 7) is 3.40. The van der Waals surface area contributed by atoms with Crippen LogP contribution in [0.15, 0.2) is 0 Å². The predicted molar refractivity (Wildman–Crippen MR) is 74.6 cm³/mol. The van der Waals surface area contributed by atoms with Crippen LogP contribution in [0.5, 0.6) is 0 Å². The lowest BCUT2D eigenvalue weighted by atomic mass is 10.1. The molecule has 0 radical (unpaired) electrons. The maximum Gasteiger partial charge on any atom is 0.321 e. The van der Waals surface area contributed by atoms with Gasteiger partial charge in [0.25, 0.3) is 0 Å². The third-order valence-electron chi connectivity index (χ3n) is 3.44. The van der Waals surface area contributed by atoms with Crippen LogP contribution in [0.1, 0.15) is 32.6 Å². The molecule has 1 fully saturated rings. The molecule has 1 aliphatic carbocycles. The van der Waals surface area contributed by atoms with Crippen LogP contribution < -0.4 is 16.4 Å². The van der Waals surface area contributed by atoms with E-state index in [0.29, 0.717) is 19.0 Å². The second kappa shape index (κ2) is 8.12. The van der Waals surface area contributed by atoms with Gasteiger partial charge in [-0.1, -0.05) is 13.3 Å². The first-order valence-corrected chi connectivity index (χ1v) is 7.06. The van der Waals surface area contributed by atoms with Gasteiger partial charge in [0.05, 0.1) is 6.54 Å². The van der Waals surface area contributed by atoms with Crippen molar-refractivity contribution in [2.45, 2.75) is 38.6 Å². The van der Waals surface area contributed by atoms with E-state index in [4.69, 9.17) is 5.73 Å². The highest BCUT2D eigenvalue weighted by molar-refractivity contribution is 5.95. The van der Waals surface area contributed by atoms with Gasteiger partial charge in [-0.3, -0.25) is 15.0 Å². The largest absolute Gasteiger partial charge is 0.338 e. The summed E-state index contributed by atoms with van der Waals surface area (Å²) in [5.41, 5.74) is 5.72. The molecule has 0 saturated heterocycles. The van der Waals surface area contributed by atoms with Crippen molar-refractivity contribution in [3.05, 3.63) is 0 Å². The third kappa shape index (κ3) is 6.02. The lowest BCUT2D eigenvalue weighted by Crippen LogP contribution is -2.48. The van der Waals surface area contributed by atoms with Crippen LogP contribution in [0.2, 0.25) is 0 Å². The summed E-state index contributed by atoms with van der Waals surface area (Å²) in [7, 11) is 1.88. The Balaban J connectivity index is 2.23. The van der Waals surface area contributed by atoms with Crippen molar-refractivity contribution in [2.24, 2.45) is 11.7 Å². The van der Waals surface area contributed by atoms with Gasteiger partial charge in [0.1, 0.15) is 0 Å². The summed E-state index contributed by atoms with van der Waals surface area (Å²) < 4.78 is 0. The standard InChI is InChI=1S/C13H26N4O2/c1-3-4-7-15-13(19)16-12(18)9-17(2)11(8-14)10-5-6-10/h10-11H,3-9,14H2,1-2H3,(H2,15,16,18,19). The Morgan fingerprint density at radius 3 is 2.63 bits per heavy atom. The van der Waals surface area contributed by atoms with E-state index in [1.807, 2.05) is 18.9 Å². The number of nitrogens with one attached hydrogen (secondary N) is 2. The lowest BCUT2D eigenvalue weighted by Gasteiger charge is -2.26. The van der Waals surface area contributed by atoms with Crippen LogP contribution in [0, 0.1) is 5.92 Å². The zero-order valence-corrected chi connectivity index (χ0v) is 11.9. The number of unbranched alkanes of at least 4 members (excludes halogenated alkanes) is 1. The van der Waals surface area contributed by atoms with Crippen molar-refractivity contribution >= 4 is 11.9 Å². The molecule has 0 aliphatic heterocycles. The number of rotatable bonds is 8. The second-order valence-corrected chi connectivity index (χ2v) is 5.21. The first kappa shape index (κ1) is 15.9. The molecule has 0 aromatic rings. The fraction of sp³-hybridized carbons (Fsp3) is 0.846. The van der Waals surface area contributed by atoms with Gasteiger partial charge < -0.3 is 11.1 Å². The molecule has 0 aromatic carbocycles. The number of hydrogen-bond acceptors (Lipinski definition) is 4. The molecule has 110 valence electrons. The van der Waals surface area contributed by atoms with Gasteiger partial charge in [0, 0.05) is 19.1 Å². The van der Waals surface area contributed by atoms with Gasteiger partial charge in [-0.15, -0.1) is 0 Å². The van der Waals surface area contributed by atoms with E-state index in [-0.39, 0.29) is 18.5 Å². The van der Waals surface area contributed by atoms with E-state index in [2.05, 4.69) is 10.6 Å². The van der Waals surface area contributed by atoms with Crippen molar-refractivity contribution in [2.75, 3.05) is 26.7 Å². The molecule has 19 heavy (non-hydrogen) atoms. The fourth-order valence-electron chi connectivity index (χ4n) is 2.15. The molecule has 1 aliphatic rings. The van der Waals surface area contributed by atoms with Crippen LogP contribution in [0.25, 0.3) is 0 Å². The number of nitrogens with zero attached hydrogens (tertiary/aromatic N) is 1. The summed E-state index contributed by atoms with van der Waals surface area (Å²) >= 11 is 0. The Morgan fingerprint density at radius 1 is 1.42 bits per heavy atom. The molecule has 0 heterocycles. The van der Waals surface area contributed by atoms with Crippen molar-refractivity contribution in [1.82, 2.24) is 15.5 Å². The summed E-state index contributed by atoms with van der Waals surface area (Å²) in [5, 5.41) is 4.99. The van der Waals surface area contributed by atoms with Crippen molar-refractivity contribution < 1.29 is 9.59 Å². The summed E-state index contributed by atoms with van der Waals surface area (Å²) in [5.74, 6) is 0.330. The van der Waals surface area contributed by atoms with Crippen LogP contribution in [0.4, 0.5) is 4.79 Å². The molecule has 4 N–H and O–H groups in total. The summed E-state index contributed by atoms with van der Waals surface area (Å²) in [6, 6.07) is -0.170. The van der Waals surface area contributed by atoms with E-state index >= 15 is 0 Å². The van der Waals surface area contributed by atoms with E-state index in [1.165, 1.54) is 12.8 Å². The van der Waals surface area contributed by atoms with Crippen LogP contribution >= 0.6 is 0 Å². The molecular weight excluding hydrogens is 244 g/mol. The van der Waals surface area contributed by atoms with Gasteiger partial charge in [-0.05, 0) is 32.2 Å². The molecule has 1 saturated carbocycles. The lowest BCUT2D eigenvalue weighted by molar-refractivity contribution is -0.121. The van der Waals surface area contributed by atoms with Crippen molar-refractivity contribution in [3.8, 4) is 0 Å². The smallest absolute Gasteiger partial charge is 0.321 e. The number of amides is 3. The second-order valence-electron chi connectivity index (χ2n) is 5.21. The molecule has 0 spiro atoms. The number of carbonyl (C=O) groups excluding carboxylic acids is 2. The van der Waals surface area contributed by atoms with Crippen LogP contribution in [-0.4, -0.2) is 49.6 Å². The number of likely N-dealkylation sites (N-methyl/N-ethyl adjacent to an activating group) is 1. The average molecular weight is 270 g/mol. The third-order valence-corrected chi connectivity index (χ3v) is 3.44.